The predicted molar refractivity (Wildman–Crippen MR) is 81.7 cm³/mol. The molecule has 1 aromatic carbocycles. The molecule has 2 N–H and O–H groups in total. The second-order valence-electron chi connectivity index (χ2n) is 6.21. The first kappa shape index (κ1) is 14.9. The van der Waals surface area contributed by atoms with Crippen LogP contribution in [0.25, 0.3) is 0 Å². The van der Waals surface area contributed by atoms with Crippen LogP contribution >= 0.6 is 0 Å². The summed E-state index contributed by atoms with van der Waals surface area (Å²) in [7, 11) is 0. The molecule has 0 amide bonds. The molecule has 0 saturated heterocycles. The standard InChI is InChI=1S/C16H24N2O2/c1-5-12(18-16(2,3)4)15(19)11-6-7-14-13(10-11)17-8-9-20-14/h6-7,10,12,17-18H,5,8-9H2,1-4H3. The third kappa shape index (κ3) is 3.51. The zero-order valence-electron chi connectivity index (χ0n) is 12.7. The van der Waals surface area contributed by atoms with Gasteiger partial charge >= 0.3 is 0 Å². The first-order valence-corrected chi connectivity index (χ1v) is 7.23. The third-order valence-corrected chi connectivity index (χ3v) is 3.27. The Kier molecular flexibility index (Phi) is 4.33. The van der Waals surface area contributed by atoms with Crippen LogP contribution in [0.2, 0.25) is 0 Å². The van der Waals surface area contributed by atoms with Gasteiger partial charge in [0.25, 0.3) is 0 Å². The Bertz CT molecular complexity index is 492. The van der Waals surface area contributed by atoms with Crippen LogP contribution in [0.3, 0.4) is 0 Å². The highest BCUT2D eigenvalue weighted by atomic mass is 16.5. The molecule has 110 valence electrons. The van der Waals surface area contributed by atoms with Crippen LogP contribution in [0.5, 0.6) is 5.75 Å². The maximum absolute atomic E-state index is 12.6. The van der Waals surface area contributed by atoms with Crippen molar-refractivity contribution in [1.29, 1.82) is 0 Å². The van der Waals surface area contributed by atoms with Crippen LogP contribution in [0.4, 0.5) is 5.69 Å². The highest BCUT2D eigenvalue weighted by Gasteiger charge is 2.24. The van der Waals surface area contributed by atoms with E-state index in [2.05, 4.69) is 31.4 Å². The summed E-state index contributed by atoms with van der Waals surface area (Å²) in [5.74, 6) is 0.960. The number of carbonyl (C=O) groups excluding carboxylic acids is 1. The number of carbonyl (C=O) groups is 1. The molecule has 4 heteroatoms. The van der Waals surface area contributed by atoms with Gasteiger partial charge < -0.3 is 15.4 Å². The van der Waals surface area contributed by atoms with Gasteiger partial charge in [0.1, 0.15) is 12.4 Å². The molecule has 1 unspecified atom stereocenters. The summed E-state index contributed by atoms with van der Waals surface area (Å²) in [6.07, 6.45) is 0.775. The van der Waals surface area contributed by atoms with Crippen molar-refractivity contribution in [3.05, 3.63) is 23.8 Å². The lowest BCUT2D eigenvalue weighted by molar-refractivity contribution is 0.0923. The third-order valence-electron chi connectivity index (χ3n) is 3.27. The molecule has 0 fully saturated rings. The molecule has 0 aliphatic carbocycles. The minimum absolute atomic E-state index is 0.0775. The lowest BCUT2D eigenvalue weighted by Crippen LogP contribution is -2.47. The summed E-state index contributed by atoms with van der Waals surface area (Å²) >= 11 is 0. The first-order chi connectivity index (χ1) is 9.40. The Labute approximate surface area is 120 Å². The molecule has 0 saturated carbocycles. The fourth-order valence-corrected chi connectivity index (χ4v) is 2.37. The number of hydrogen-bond donors (Lipinski definition) is 2. The van der Waals surface area contributed by atoms with Gasteiger partial charge in [-0.1, -0.05) is 6.92 Å². The number of ketones is 1. The molecule has 0 bridgehead atoms. The van der Waals surface area contributed by atoms with Gasteiger partial charge in [0.2, 0.25) is 0 Å². The summed E-state index contributed by atoms with van der Waals surface area (Å²) in [6, 6.07) is 5.46. The predicted octanol–water partition coefficient (Wildman–Crippen LogP) is 2.84. The zero-order valence-corrected chi connectivity index (χ0v) is 12.7. The van der Waals surface area contributed by atoms with E-state index in [-0.39, 0.29) is 17.4 Å². The Morgan fingerprint density at radius 2 is 2.20 bits per heavy atom. The maximum atomic E-state index is 12.6. The summed E-state index contributed by atoms with van der Waals surface area (Å²) in [5, 5.41) is 6.65. The SMILES string of the molecule is CCC(NC(C)(C)C)C(=O)c1ccc2c(c1)NCCO2. The average Bonchev–Trinajstić information content (AvgIpc) is 2.42. The second-order valence-corrected chi connectivity index (χ2v) is 6.21. The number of rotatable bonds is 4. The smallest absolute Gasteiger partial charge is 0.179 e. The van der Waals surface area contributed by atoms with Crippen molar-refractivity contribution in [3.63, 3.8) is 0 Å². The molecule has 20 heavy (non-hydrogen) atoms. The van der Waals surface area contributed by atoms with Crippen LogP contribution in [0, 0.1) is 0 Å². The Balaban J connectivity index is 2.19. The van der Waals surface area contributed by atoms with Crippen molar-refractivity contribution in [2.24, 2.45) is 0 Å². The molecule has 0 spiro atoms. The zero-order chi connectivity index (χ0) is 14.8. The minimum Gasteiger partial charge on any atom is -0.490 e. The van der Waals surface area contributed by atoms with Crippen molar-refractivity contribution in [2.45, 2.75) is 45.7 Å². The number of Topliss-reactive ketones (excluding diaryl/α,β-unsaturated/α-hetero) is 1. The number of ether oxygens (including phenoxy) is 1. The topological polar surface area (TPSA) is 50.4 Å². The van der Waals surface area contributed by atoms with E-state index in [1.54, 1.807) is 0 Å². The molecule has 2 rings (SSSR count). The van der Waals surface area contributed by atoms with Gasteiger partial charge in [-0.25, -0.2) is 0 Å². The lowest BCUT2D eigenvalue weighted by atomic mass is 9.98. The van der Waals surface area contributed by atoms with E-state index in [1.165, 1.54) is 0 Å². The van der Waals surface area contributed by atoms with Crippen LogP contribution in [-0.2, 0) is 0 Å². The van der Waals surface area contributed by atoms with E-state index in [0.29, 0.717) is 6.61 Å². The Morgan fingerprint density at radius 1 is 1.45 bits per heavy atom. The highest BCUT2D eigenvalue weighted by Crippen LogP contribution is 2.28. The van der Waals surface area contributed by atoms with Crippen molar-refractivity contribution in [2.75, 3.05) is 18.5 Å². The molecular weight excluding hydrogens is 252 g/mol. The van der Waals surface area contributed by atoms with E-state index in [4.69, 9.17) is 4.74 Å². The lowest BCUT2D eigenvalue weighted by Gasteiger charge is -2.27. The molecule has 0 radical (unpaired) electrons. The Morgan fingerprint density at radius 3 is 2.85 bits per heavy atom. The molecule has 1 atom stereocenters. The number of hydrogen-bond acceptors (Lipinski definition) is 4. The van der Waals surface area contributed by atoms with Crippen LogP contribution in [0.15, 0.2) is 18.2 Å². The van der Waals surface area contributed by atoms with E-state index in [9.17, 15) is 4.79 Å². The normalized spacial score (nSPS) is 15.8. The summed E-state index contributed by atoms with van der Waals surface area (Å²) in [4.78, 5) is 12.6. The van der Waals surface area contributed by atoms with Gasteiger partial charge in [-0.15, -0.1) is 0 Å². The van der Waals surface area contributed by atoms with Crippen molar-refractivity contribution in [1.82, 2.24) is 5.32 Å². The minimum atomic E-state index is -0.155. The molecule has 4 nitrogen and oxygen atoms in total. The molecule has 1 aliphatic rings. The van der Waals surface area contributed by atoms with Gasteiger partial charge in [0.15, 0.2) is 5.78 Å². The molecule has 1 heterocycles. The van der Waals surface area contributed by atoms with E-state index in [0.717, 1.165) is 30.0 Å². The van der Waals surface area contributed by atoms with Crippen molar-refractivity contribution >= 4 is 11.5 Å². The van der Waals surface area contributed by atoms with Crippen molar-refractivity contribution < 1.29 is 9.53 Å². The monoisotopic (exact) mass is 276 g/mol. The van der Waals surface area contributed by atoms with Gasteiger partial charge in [0.05, 0.1) is 11.7 Å². The number of fused-ring (bicyclic) bond motifs is 1. The summed E-state index contributed by atoms with van der Waals surface area (Å²) < 4.78 is 5.54. The Hall–Kier alpha value is -1.55. The van der Waals surface area contributed by atoms with Crippen LogP contribution in [0.1, 0.15) is 44.5 Å². The fourth-order valence-electron chi connectivity index (χ4n) is 2.37. The summed E-state index contributed by atoms with van der Waals surface area (Å²) in [5.41, 5.74) is 1.56. The average molecular weight is 276 g/mol. The fraction of sp³-hybridized carbons (Fsp3) is 0.562. The van der Waals surface area contributed by atoms with Gasteiger partial charge in [-0.05, 0) is 45.4 Å². The first-order valence-electron chi connectivity index (χ1n) is 7.23. The van der Waals surface area contributed by atoms with Crippen molar-refractivity contribution in [3.8, 4) is 5.75 Å². The summed E-state index contributed by atoms with van der Waals surface area (Å²) in [6.45, 7) is 9.70. The molecule has 0 aromatic heterocycles. The molecule has 1 aliphatic heterocycles. The van der Waals surface area contributed by atoms with Crippen LogP contribution < -0.4 is 15.4 Å². The maximum Gasteiger partial charge on any atom is 0.179 e. The molecule has 1 aromatic rings. The van der Waals surface area contributed by atoms with Crippen LogP contribution in [-0.4, -0.2) is 30.5 Å². The number of anilines is 1. The largest absolute Gasteiger partial charge is 0.490 e. The number of benzene rings is 1. The quantitative estimate of drug-likeness (QED) is 0.830. The van der Waals surface area contributed by atoms with E-state index < -0.39 is 0 Å². The number of nitrogens with one attached hydrogen (secondary N) is 2. The van der Waals surface area contributed by atoms with E-state index in [1.807, 2.05) is 25.1 Å². The molecular formula is C16H24N2O2. The van der Waals surface area contributed by atoms with Gasteiger partial charge in [-0.2, -0.15) is 0 Å². The highest BCUT2D eigenvalue weighted by molar-refractivity contribution is 6.01. The second kappa shape index (κ2) is 5.83. The van der Waals surface area contributed by atoms with Gasteiger partial charge in [-0.3, -0.25) is 4.79 Å². The van der Waals surface area contributed by atoms with E-state index >= 15 is 0 Å². The van der Waals surface area contributed by atoms with Gasteiger partial charge in [0, 0.05) is 17.6 Å².